The number of para-hydroxylation sites is 1. The van der Waals surface area contributed by atoms with Crippen LogP contribution >= 0.6 is 0 Å². The minimum atomic E-state index is -0.463. The molecule has 0 fully saturated rings. The first kappa shape index (κ1) is 22.7. The molecule has 0 aliphatic carbocycles. The summed E-state index contributed by atoms with van der Waals surface area (Å²) in [5.41, 5.74) is 7.56. The Morgan fingerprint density at radius 3 is 2.22 bits per heavy atom. The predicted molar refractivity (Wildman–Crippen MR) is 121 cm³/mol. The van der Waals surface area contributed by atoms with E-state index in [1.165, 1.54) is 7.11 Å². The summed E-state index contributed by atoms with van der Waals surface area (Å²) < 4.78 is 16.1. The van der Waals surface area contributed by atoms with Crippen molar-refractivity contribution in [3.63, 3.8) is 0 Å². The number of carbonyl (C=O) groups is 2. The summed E-state index contributed by atoms with van der Waals surface area (Å²) in [7, 11) is 3.07. The molecule has 166 valence electrons. The van der Waals surface area contributed by atoms with Crippen LogP contribution in [0.3, 0.4) is 0 Å². The Kier molecular flexibility index (Phi) is 8.09. The third kappa shape index (κ3) is 6.50. The first-order chi connectivity index (χ1) is 15.6. The molecular formula is C25H26N2O5. The smallest absolute Gasteiger partial charge is 0.276 e. The normalized spacial score (nSPS) is 10.2. The van der Waals surface area contributed by atoms with Crippen molar-refractivity contribution >= 4 is 11.8 Å². The summed E-state index contributed by atoms with van der Waals surface area (Å²) in [5.74, 6) is 0.940. The molecule has 0 aromatic heterocycles. The van der Waals surface area contributed by atoms with Gasteiger partial charge < -0.3 is 14.2 Å². The minimum absolute atomic E-state index is 0.0359. The Morgan fingerprint density at radius 2 is 1.47 bits per heavy atom. The number of hydrogen-bond acceptors (Lipinski definition) is 5. The van der Waals surface area contributed by atoms with Gasteiger partial charge in [-0.05, 0) is 23.3 Å². The summed E-state index contributed by atoms with van der Waals surface area (Å²) >= 11 is 0. The van der Waals surface area contributed by atoms with Gasteiger partial charge in [-0.2, -0.15) is 0 Å². The summed E-state index contributed by atoms with van der Waals surface area (Å²) in [4.78, 5) is 24.4. The van der Waals surface area contributed by atoms with Crippen molar-refractivity contribution in [2.24, 2.45) is 0 Å². The van der Waals surface area contributed by atoms with Gasteiger partial charge in [-0.3, -0.25) is 20.4 Å². The number of hydrogen-bond donors (Lipinski definition) is 2. The zero-order valence-corrected chi connectivity index (χ0v) is 18.1. The van der Waals surface area contributed by atoms with Gasteiger partial charge in [0, 0.05) is 18.1 Å². The quantitative estimate of drug-likeness (QED) is 0.506. The van der Waals surface area contributed by atoms with E-state index in [0.717, 1.165) is 11.1 Å². The monoisotopic (exact) mass is 434 g/mol. The average molecular weight is 434 g/mol. The molecule has 0 aliphatic rings. The van der Waals surface area contributed by atoms with Gasteiger partial charge in [-0.15, -0.1) is 0 Å². The molecule has 0 radical (unpaired) electrons. The Morgan fingerprint density at radius 1 is 0.750 bits per heavy atom. The van der Waals surface area contributed by atoms with Crippen LogP contribution in [0.5, 0.6) is 17.2 Å². The molecule has 3 rings (SSSR count). The second-order valence-corrected chi connectivity index (χ2v) is 7.01. The molecular weight excluding hydrogens is 408 g/mol. The lowest BCUT2D eigenvalue weighted by atomic mass is 10.0. The highest BCUT2D eigenvalue weighted by molar-refractivity contribution is 5.84. The Hall–Kier alpha value is -4.00. The number of nitrogens with one attached hydrogen (secondary N) is 2. The van der Waals surface area contributed by atoms with Crippen molar-refractivity contribution in [2.45, 2.75) is 12.8 Å². The zero-order valence-electron chi connectivity index (χ0n) is 18.1. The van der Waals surface area contributed by atoms with Crippen molar-refractivity contribution < 1.29 is 23.8 Å². The maximum absolute atomic E-state index is 12.2. The van der Waals surface area contributed by atoms with Crippen molar-refractivity contribution in [2.75, 3.05) is 20.8 Å². The number of methoxy groups -OCH3 is 2. The number of hydrazine groups is 1. The number of rotatable bonds is 9. The second kappa shape index (κ2) is 11.4. The largest absolute Gasteiger partial charge is 0.497 e. The lowest BCUT2D eigenvalue weighted by Crippen LogP contribution is -2.44. The van der Waals surface area contributed by atoms with Crippen LogP contribution in [-0.4, -0.2) is 32.6 Å². The van der Waals surface area contributed by atoms with Gasteiger partial charge in [0.25, 0.3) is 5.91 Å². The molecule has 0 spiro atoms. The van der Waals surface area contributed by atoms with E-state index in [9.17, 15) is 9.59 Å². The highest BCUT2D eigenvalue weighted by Crippen LogP contribution is 2.25. The fourth-order valence-corrected chi connectivity index (χ4v) is 3.14. The van der Waals surface area contributed by atoms with Crippen LogP contribution < -0.4 is 25.1 Å². The van der Waals surface area contributed by atoms with Crippen molar-refractivity contribution in [1.82, 2.24) is 10.9 Å². The topological polar surface area (TPSA) is 85.9 Å². The molecule has 0 bridgehead atoms. The van der Waals surface area contributed by atoms with Gasteiger partial charge in [0.05, 0.1) is 20.6 Å². The van der Waals surface area contributed by atoms with Crippen LogP contribution in [-0.2, 0) is 22.4 Å². The van der Waals surface area contributed by atoms with E-state index in [-0.39, 0.29) is 18.9 Å². The number of amides is 2. The molecule has 0 heterocycles. The standard InChI is InChI=1S/C25H26N2O5/c1-30-21-13-12-20(23(16-21)31-2)15-24(28)26-27-25(29)17-32-22-11-7-6-10-19(22)14-18-8-4-3-5-9-18/h3-13,16H,14-15,17H2,1-2H3,(H,26,28)(H,27,29). The maximum Gasteiger partial charge on any atom is 0.276 e. The zero-order chi connectivity index (χ0) is 22.8. The Labute approximate surface area is 187 Å². The van der Waals surface area contributed by atoms with E-state index in [1.54, 1.807) is 25.3 Å². The summed E-state index contributed by atoms with van der Waals surface area (Å²) in [6.07, 6.45) is 0.729. The third-order valence-corrected chi connectivity index (χ3v) is 4.76. The van der Waals surface area contributed by atoms with Gasteiger partial charge in [0.1, 0.15) is 17.2 Å². The van der Waals surface area contributed by atoms with Crippen LogP contribution in [0.4, 0.5) is 0 Å². The molecule has 2 N–H and O–H groups in total. The number of ether oxygens (including phenoxy) is 3. The lowest BCUT2D eigenvalue weighted by Gasteiger charge is -2.13. The fourth-order valence-electron chi connectivity index (χ4n) is 3.14. The van der Waals surface area contributed by atoms with Crippen molar-refractivity contribution in [3.8, 4) is 17.2 Å². The molecule has 0 atom stereocenters. The van der Waals surface area contributed by atoms with Gasteiger partial charge in [0.15, 0.2) is 6.61 Å². The van der Waals surface area contributed by atoms with E-state index in [1.807, 2.05) is 54.6 Å². The minimum Gasteiger partial charge on any atom is -0.497 e. The molecule has 3 aromatic rings. The highest BCUT2D eigenvalue weighted by atomic mass is 16.5. The van der Waals surface area contributed by atoms with Crippen LogP contribution in [0.2, 0.25) is 0 Å². The SMILES string of the molecule is COc1ccc(CC(=O)NNC(=O)COc2ccccc2Cc2ccccc2)c(OC)c1. The lowest BCUT2D eigenvalue weighted by molar-refractivity contribution is -0.129. The maximum atomic E-state index is 12.2. The van der Waals surface area contributed by atoms with E-state index < -0.39 is 5.91 Å². The van der Waals surface area contributed by atoms with Crippen LogP contribution in [0, 0.1) is 0 Å². The molecule has 0 unspecified atom stereocenters. The van der Waals surface area contributed by atoms with Crippen molar-refractivity contribution in [3.05, 3.63) is 89.5 Å². The third-order valence-electron chi connectivity index (χ3n) is 4.76. The molecule has 3 aromatic carbocycles. The van der Waals surface area contributed by atoms with Crippen molar-refractivity contribution in [1.29, 1.82) is 0 Å². The molecule has 7 nitrogen and oxygen atoms in total. The summed E-state index contributed by atoms with van der Waals surface area (Å²) in [5, 5.41) is 0. The molecule has 2 amide bonds. The number of carbonyl (C=O) groups excluding carboxylic acids is 2. The molecule has 0 saturated heterocycles. The average Bonchev–Trinajstić information content (AvgIpc) is 2.83. The second-order valence-electron chi connectivity index (χ2n) is 7.01. The van der Waals surface area contributed by atoms with Gasteiger partial charge in [0.2, 0.25) is 5.91 Å². The molecule has 32 heavy (non-hydrogen) atoms. The molecule has 0 saturated carbocycles. The molecule has 0 aliphatic heterocycles. The van der Waals surface area contributed by atoms with Crippen LogP contribution in [0.25, 0.3) is 0 Å². The van der Waals surface area contributed by atoms with Crippen LogP contribution in [0.1, 0.15) is 16.7 Å². The first-order valence-electron chi connectivity index (χ1n) is 10.1. The van der Waals surface area contributed by atoms with Gasteiger partial charge in [-0.1, -0.05) is 54.6 Å². The number of benzene rings is 3. The van der Waals surface area contributed by atoms with Gasteiger partial charge in [-0.25, -0.2) is 0 Å². The summed E-state index contributed by atoms with van der Waals surface area (Å²) in [6, 6.07) is 22.8. The fraction of sp³-hybridized carbons (Fsp3) is 0.200. The Balaban J connectivity index is 1.49. The summed E-state index contributed by atoms with van der Waals surface area (Å²) in [6.45, 7) is -0.224. The molecule has 7 heteroatoms. The predicted octanol–water partition coefficient (Wildman–Crippen LogP) is 3.06. The van der Waals surface area contributed by atoms with E-state index in [0.29, 0.717) is 29.2 Å². The van der Waals surface area contributed by atoms with Gasteiger partial charge >= 0.3 is 0 Å². The Bertz CT molecular complexity index is 1050. The van der Waals surface area contributed by atoms with Crippen LogP contribution in [0.15, 0.2) is 72.8 Å². The highest BCUT2D eigenvalue weighted by Gasteiger charge is 2.12. The van der Waals surface area contributed by atoms with E-state index in [4.69, 9.17) is 14.2 Å². The van der Waals surface area contributed by atoms with E-state index in [2.05, 4.69) is 10.9 Å². The van der Waals surface area contributed by atoms with E-state index >= 15 is 0 Å². The first-order valence-corrected chi connectivity index (χ1v) is 10.1.